The summed E-state index contributed by atoms with van der Waals surface area (Å²) < 4.78 is 5.26. The van der Waals surface area contributed by atoms with Gasteiger partial charge in [0.25, 0.3) is 0 Å². The van der Waals surface area contributed by atoms with E-state index in [1.54, 1.807) is 16.5 Å². The van der Waals surface area contributed by atoms with Crippen molar-refractivity contribution < 1.29 is 19.1 Å². The molecule has 1 unspecified atom stereocenters. The van der Waals surface area contributed by atoms with Gasteiger partial charge in [-0.3, -0.25) is 4.79 Å². The average Bonchev–Trinajstić information content (AvgIpc) is 3.24. The highest BCUT2D eigenvalue weighted by Gasteiger charge is 2.30. The second kappa shape index (κ2) is 6.74. The fraction of sp³-hybridized carbons (Fsp3) is 0.333. The lowest BCUT2D eigenvalue weighted by Gasteiger charge is -2.31. The van der Waals surface area contributed by atoms with Crippen LogP contribution in [-0.4, -0.2) is 44.9 Å². The van der Waals surface area contributed by atoms with Gasteiger partial charge in [0.1, 0.15) is 5.76 Å². The molecule has 1 saturated heterocycles. The summed E-state index contributed by atoms with van der Waals surface area (Å²) in [6.07, 6.45) is 5.88. The molecule has 0 aromatic carbocycles. The molecule has 0 radical (unpaired) electrons. The Labute approximate surface area is 136 Å². The number of carbonyl (C=O) groups excluding carboxylic acids is 1. The number of carboxylic acids is 1. The van der Waals surface area contributed by atoms with Crippen LogP contribution >= 0.6 is 11.3 Å². The number of likely N-dealkylation sites (tertiary alicyclic amines) is 1. The summed E-state index contributed by atoms with van der Waals surface area (Å²) in [5.41, 5.74) is 2.39. The summed E-state index contributed by atoms with van der Waals surface area (Å²) in [7, 11) is 0. The lowest BCUT2D eigenvalue weighted by atomic mass is 9.94. The number of carboxylic acid groups (broad SMARTS) is 1. The smallest absolute Gasteiger partial charge is 0.358 e. The van der Waals surface area contributed by atoms with Crippen LogP contribution in [0.2, 0.25) is 0 Å². The number of rotatable bonds is 4. The standard InChI is InChI=1S/C15H15N3O4S/c19-12(4-3-11-7-23-9-17-11)18-5-1-2-10(6-18)14-13(15(20)21)16-8-22-14/h3-4,7-10H,1-2,5-6H2,(H,20,21)/b4-3+. The molecular formula is C15H15N3O4S. The van der Waals surface area contributed by atoms with Gasteiger partial charge in [0, 0.05) is 30.5 Å². The SMILES string of the molecule is O=C(O)c1ncoc1C1CCCN(C(=O)/C=C/c2cscn2)C1. The van der Waals surface area contributed by atoms with E-state index < -0.39 is 5.97 Å². The van der Waals surface area contributed by atoms with Crippen molar-refractivity contribution in [1.29, 1.82) is 0 Å². The van der Waals surface area contributed by atoms with E-state index in [0.29, 0.717) is 18.8 Å². The number of carbonyl (C=O) groups is 2. The van der Waals surface area contributed by atoms with Gasteiger partial charge in [0.2, 0.25) is 5.91 Å². The van der Waals surface area contributed by atoms with Crippen LogP contribution in [0, 0.1) is 0 Å². The van der Waals surface area contributed by atoms with Crippen LogP contribution in [0.5, 0.6) is 0 Å². The van der Waals surface area contributed by atoms with Gasteiger partial charge in [0.15, 0.2) is 12.1 Å². The highest BCUT2D eigenvalue weighted by molar-refractivity contribution is 7.07. The van der Waals surface area contributed by atoms with Crippen molar-refractivity contribution >= 4 is 29.3 Å². The molecule has 0 spiro atoms. The topological polar surface area (TPSA) is 96.5 Å². The zero-order valence-corrected chi connectivity index (χ0v) is 13.0. The maximum Gasteiger partial charge on any atom is 0.358 e. The first-order valence-electron chi connectivity index (χ1n) is 7.17. The lowest BCUT2D eigenvalue weighted by Crippen LogP contribution is -2.38. The van der Waals surface area contributed by atoms with Crippen LogP contribution in [0.25, 0.3) is 6.08 Å². The average molecular weight is 333 g/mol. The first kappa shape index (κ1) is 15.4. The molecule has 1 amide bonds. The molecule has 2 aromatic rings. The van der Waals surface area contributed by atoms with Crippen molar-refractivity contribution in [1.82, 2.24) is 14.9 Å². The molecular weight excluding hydrogens is 318 g/mol. The van der Waals surface area contributed by atoms with Gasteiger partial charge in [-0.15, -0.1) is 11.3 Å². The van der Waals surface area contributed by atoms with E-state index in [9.17, 15) is 9.59 Å². The fourth-order valence-electron chi connectivity index (χ4n) is 2.66. The van der Waals surface area contributed by atoms with Crippen molar-refractivity contribution in [2.24, 2.45) is 0 Å². The van der Waals surface area contributed by atoms with Gasteiger partial charge in [-0.05, 0) is 18.9 Å². The third kappa shape index (κ3) is 3.48. The second-order valence-electron chi connectivity index (χ2n) is 5.24. The number of aromatic nitrogens is 2. The molecule has 1 aliphatic heterocycles. The van der Waals surface area contributed by atoms with E-state index in [1.807, 2.05) is 5.38 Å². The summed E-state index contributed by atoms with van der Waals surface area (Å²) in [6.45, 7) is 1.07. The van der Waals surface area contributed by atoms with Gasteiger partial charge in [-0.2, -0.15) is 0 Å². The monoisotopic (exact) mass is 333 g/mol. The number of piperidine rings is 1. The van der Waals surface area contributed by atoms with E-state index in [2.05, 4.69) is 9.97 Å². The van der Waals surface area contributed by atoms with Gasteiger partial charge >= 0.3 is 5.97 Å². The molecule has 23 heavy (non-hydrogen) atoms. The summed E-state index contributed by atoms with van der Waals surface area (Å²) in [5.74, 6) is -1.02. The van der Waals surface area contributed by atoms with Crippen LogP contribution in [0.1, 0.15) is 40.7 Å². The van der Waals surface area contributed by atoms with Crippen LogP contribution < -0.4 is 0 Å². The Morgan fingerprint density at radius 2 is 2.30 bits per heavy atom. The van der Waals surface area contributed by atoms with Crippen LogP contribution in [-0.2, 0) is 4.79 Å². The molecule has 0 bridgehead atoms. The number of nitrogens with zero attached hydrogens (tertiary/aromatic N) is 3. The number of amides is 1. The molecule has 0 aliphatic carbocycles. The third-order valence-electron chi connectivity index (χ3n) is 3.75. The van der Waals surface area contributed by atoms with Gasteiger partial charge in [0.05, 0.1) is 11.2 Å². The molecule has 120 valence electrons. The van der Waals surface area contributed by atoms with E-state index >= 15 is 0 Å². The predicted octanol–water partition coefficient (Wildman–Crippen LogP) is 2.25. The van der Waals surface area contributed by atoms with Crippen molar-refractivity contribution in [2.75, 3.05) is 13.1 Å². The Morgan fingerprint density at radius 3 is 3.04 bits per heavy atom. The number of thiazole rings is 1. The molecule has 3 heterocycles. The predicted molar refractivity (Wildman–Crippen MR) is 83.2 cm³/mol. The molecule has 2 aromatic heterocycles. The molecule has 1 atom stereocenters. The Kier molecular flexibility index (Phi) is 4.52. The number of aromatic carboxylic acids is 1. The minimum atomic E-state index is -1.11. The molecule has 0 saturated carbocycles. The van der Waals surface area contributed by atoms with E-state index in [0.717, 1.165) is 24.9 Å². The highest BCUT2D eigenvalue weighted by Crippen LogP contribution is 2.29. The van der Waals surface area contributed by atoms with Gasteiger partial charge in [-0.25, -0.2) is 14.8 Å². The summed E-state index contributed by atoms with van der Waals surface area (Å²) in [5, 5.41) is 11.0. The zero-order valence-electron chi connectivity index (χ0n) is 12.2. The largest absolute Gasteiger partial charge is 0.476 e. The maximum absolute atomic E-state index is 12.3. The van der Waals surface area contributed by atoms with Crippen molar-refractivity contribution in [3.63, 3.8) is 0 Å². The second-order valence-corrected chi connectivity index (χ2v) is 5.96. The molecule has 7 nitrogen and oxygen atoms in total. The Hall–Kier alpha value is -2.48. The van der Waals surface area contributed by atoms with Crippen molar-refractivity contribution in [2.45, 2.75) is 18.8 Å². The highest BCUT2D eigenvalue weighted by atomic mass is 32.1. The van der Waals surface area contributed by atoms with Crippen molar-refractivity contribution in [3.8, 4) is 0 Å². The van der Waals surface area contributed by atoms with Gasteiger partial charge < -0.3 is 14.4 Å². The molecule has 3 rings (SSSR count). The summed E-state index contributed by atoms with van der Waals surface area (Å²) in [6, 6.07) is 0. The first-order valence-corrected chi connectivity index (χ1v) is 8.11. The van der Waals surface area contributed by atoms with E-state index in [-0.39, 0.29) is 17.5 Å². The zero-order chi connectivity index (χ0) is 16.2. The molecule has 1 fully saturated rings. The Morgan fingerprint density at radius 1 is 1.43 bits per heavy atom. The van der Waals surface area contributed by atoms with E-state index in [1.165, 1.54) is 17.4 Å². The molecule has 1 aliphatic rings. The Bertz CT molecular complexity index is 723. The third-order valence-corrected chi connectivity index (χ3v) is 4.35. The molecule has 1 N–H and O–H groups in total. The van der Waals surface area contributed by atoms with Crippen LogP contribution in [0.4, 0.5) is 0 Å². The van der Waals surface area contributed by atoms with Crippen LogP contribution in [0.3, 0.4) is 0 Å². The number of hydrogen-bond donors (Lipinski definition) is 1. The fourth-order valence-corrected chi connectivity index (χ4v) is 3.19. The van der Waals surface area contributed by atoms with Crippen molar-refractivity contribution in [3.05, 3.63) is 40.5 Å². The minimum absolute atomic E-state index is 0.0673. The number of oxazole rings is 1. The quantitative estimate of drug-likeness (QED) is 0.862. The minimum Gasteiger partial charge on any atom is -0.476 e. The Balaban J connectivity index is 1.69. The lowest BCUT2D eigenvalue weighted by molar-refractivity contribution is -0.127. The normalized spacial score (nSPS) is 18.4. The first-order chi connectivity index (χ1) is 11.1. The molecule has 8 heteroatoms. The van der Waals surface area contributed by atoms with Gasteiger partial charge in [-0.1, -0.05) is 0 Å². The summed E-state index contributed by atoms with van der Waals surface area (Å²) >= 11 is 1.47. The van der Waals surface area contributed by atoms with Crippen LogP contribution in [0.15, 0.2) is 27.8 Å². The number of hydrogen-bond acceptors (Lipinski definition) is 6. The van der Waals surface area contributed by atoms with E-state index in [4.69, 9.17) is 9.52 Å². The maximum atomic E-state index is 12.3. The summed E-state index contributed by atoms with van der Waals surface area (Å²) in [4.78, 5) is 33.0.